The number of nitrogens with one attached hydrogen (secondary N) is 2. The van der Waals surface area contributed by atoms with Crippen LogP contribution in [0.2, 0.25) is 5.15 Å². The lowest BCUT2D eigenvalue weighted by atomic mass is 10.0. The SMILES string of the molecule is O=C(N[C@H]1CC[C@H](c2nnc(OCCOC(F)(F)F)o2)NC1)c1ncc2cccn2c1Cl. The third-order valence-corrected chi connectivity index (χ3v) is 5.13. The molecule has 3 aromatic heterocycles. The molecule has 1 aliphatic heterocycles. The highest BCUT2D eigenvalue weighted by atomic mass is 35.5. The van der Waals surface area contributed by atoms with Crippen LogP contribution in [-0.2, 0) is 4.74 Å². The van der Waals surface area contributed by atoms with Gasteiger partial charge in [-0.3, -0.25) is 9.53 Å². The summed E-state index contributed by atoms with van der Waals surface area (Å²) in [7, 11) is 0. The van der Waals surface area contributed by atoms with Crippen LogP contribution in [0.5, 0.6) is 6.08 Å². The number of hydrogen-bond donors (Lipinski definition) is 2. The number of carbonyl (C=O) groups excluding carboxylic acids is 1. The fraction of sp³-hybridized carbons (Fsp3) is 0.444. The molecule has 10 nitrogen and oxygen atoms in total. The molecule has 2 atom stereocenters. The Morgan fingerprint density at radius 3 is 2.94 bits per heavy atom. The van der Waals surface area contributed by atoms with E-state index >= 15 is 0 Å². The van der Waals surface area contributed by atoms with Gasteiger partial charge in [0, 0.05) is 18.8 Å². The predicted octanol–water partition coefficient (Wildman–Crippen LogP) is 2.51. The van der Waals surface area contributed by atoms with Crippen molar-refractivity contribution in [3.63, 3.8) is 0 Å². The molecule has 2 N–H and O–H groups in total. The molecule has 1 aliphatic rings. The van der Waals surface area contributed by atoms with Gasteiger partial charge in [-0.25, -0.2) is 4.98 Å². The van der Waals surface area contributed by atoms with Crippen LogP contribution < -0.4 is 15.4 Å². The van der Waals surface area contributed by atoms with Gasteiger partial charge in [-0.1, -0.05) is 16.7 Å². The highest BCUT2D eigenvalue weighted by molar-refractivity contribution is 6.32. The van der Waals surface area contributed by atoms with Gasteiger partial charge < -0.3 is 24.2 Å². The van der Waals surface area contributed by atoms with Crippen LogP contribution in [0.4, 0.5) is 13.2 Å². The van der Waals surface area contributed by atoms with E-state index in [1.54, 1.807) is 22.9 Å². The van der Waals surface area contributed by atoms with E-state index < -0.39 is 19.6 Å². The third-order valence-electron chi connectivity index (χ3n) is 4.77. The molecular formula is C18H18ClF3N6O4. The summed E-state index contributed by atoms with van der Waals surface area (Å²) in [6.07, 6.45) is -0.469. The Balaban J connectivity index is 1.26. The molecule has 0 saturated carbocycles. The maximum atomic E-state index is 12.6. The van der Waals surface area contributed by atoms with Gasteiger partial charge in [0.15, 0.2) is 5.69 Å². The van der Waals surface area contributed by atoms with Crippen LogP contribution in [0, 0.1) is 0 Å². The Morgan fingerprint density at radius 2 is 2.19 bits per heavy atom. The average Bonchev–Trinajstić information content (AvgIpc) is 3.41. The quantitative estimate of drug-likeness (QED) is 0.502. The van der Waals surface area contributed by atoms with Crippen molar-refractivity contribution in [3.05, 3.63) is 41.3 Å². The van der Waals surface area contributed by atoms with Crippen LogP contribution in [0.15, 0.2) is 28.9 Å². The number of fused-ring (bicyclic) bond motifs is 1. The van der Waals surface area contributed by atoms with Gasteiger partial charge in [0.25, 0.3) is 5.91 Å². The molecule has 3 aromatic rings. The van der Waals surface area contributed by atoms with E-state index in [1.807, 2.05) is 6.07 Å². The maximum absolute atomic E-state index is 12.6. The molecule has 0 unspecified atom stereocenters. The zero-order chi connectivity index (χ0) is 22.7. The van der Waals surface area contributed by atoms with Gasteiger partial charge in [0.2, 0.25) is 5.89 Å². The van der Waals surface area contributed by atoms with Crippen molar-refractivity contribution in [3.8, 4) is 6.08 Å². The van der Waals surface area contributed by atoms with Gasteiger partial charge in [-0.2, -0.15) is 0 Å². The van der Waals surface area contributed by atoms with Crippen LogP contribution in [0.25, 0.3) is 5.52 Å². The number of aromatic nitrogens is 4. The van der Waals surface area contributed by atoms with E-state index in [0.29, 0.717) is 19.4 Å². The van der Waals surface area contributed by atoms with Gasteiger partial charge in [-0.05, 0) is 25.0 Å². The van der Waals surface area contributed by atoms with Crippen molar-refractivity contribution in [1.29, 1.82) is 0 Å². The minimum Gasteiger partial charge on any atom is -0.447 e. The number of alkyl halides is 3. The third kappa shape index (κ3) is 5.29. The van der Waals surface area contributed by atoms with Crippen molar-refractivity contribution in [2.45, 2.75) is 31.3 Å². The Hall–Kier alpha value is -2.90. The molecule has 172 valence electrons. The molecule has 32 heavy (non-hydrogen) atoms. The lowest BCUT2D eigenvalue weighted by molar-refractivity contribution is -0.325. The number of carbonyl (C=O) groups is 1. The summed E-state index contributed by atoms with van der Waals surface area (Å²) in [5.41, 5.74) is 0.912. The van der Waals surface area contributed by atoms with E-state index in [4.69, 9.17) is 20.8 Å². The summed E-state index contributed by atoms with van der Waals surface area (Å²) in [5.74, 6) is -0.144. The molecular weight excluding hydrogens is 457 g/mol. The highest BCUT2D eigenvalue weighted by Gasteiger charge is 2.30. The Labute approximate surface area is 184 Å². The zero-order valence-corrected chi connectivity index (χ0v) is 17.2. The molecule has 0 aliphatic carbocycles. The molecule has 4 rings (SSSR count). The van der Waals surface area contributed by atoms with Crippen LogP contribution in [-0.4, -0.2) is 57.7 Å². The standard InChI is InChI=1S/C18H18ClF3N6O4/c19-14-13(24-9-11-2-1-5-28(11)14)15(29)25-10-3-4-12(23-8-10)16-26-27-17(32-16)30-6-7-31-18(20,21)22/h1-2,5,9-10,12,23H,3-4,6-8H2,(H,25,29)/t10-,12+/m0/s1. The van der Waals surface area contributed by atoms with Gasteiger partial charge >= 0.3 is 12.4 Å². The second-order valence-electron chi connectivity index (χ2n) is 6.96. The predicted molar refractivity (Wildman–Crippen MR) is 103 cm³/mol. The molecule has 0 spiro atoms. The number of piperidine rings is 1. The number of amides is 1. The molecule has 14 heteroatoms. The first-order chi connectivity index (χ1) is 15.3. The first kappa shape index (κ1) is 22.3. The van der Waals surface area contributed by atoms with Crippen molar-refractivity contribution < 1.29 is 31.9 Å². The van der Waals surface area contributed by atoms with Gasteiger partial charge in [0.1, 0.15) is 11.8 Å². The van der Waals surface area contributed by atoms with Gasteiger partial charge in [0.05, 0.1) is 24.4 Å². The number of halogens is 4. The fourth-order valence-corrected chi connectivity index (χ4v) is 3.57. The summed E-state index contributed by atoms with van der Waals surface area (Å²) < 4.78 is 51.3. The Kier molecular flexibility index (Phi) is 6.48. The Bertz CT molecular complexity index is 1080. The second kappa shape index (κ2) is 9.30. The second-order valence-corrected chi connectivity index (χ2v) is 7.32. The van der Waals surface area contributed by atoms with Crippen LogP contribution >= 0.6 is 11.6 Å². The largest absolute Gasteiger partial charge is 0.522 e. The molecule has 0 bridgehead atoms. The van der Waals surface area contributed by atoms with E-state index in [9.17, 15) is 18.0 Å². The summed E-state index contributed by atoms with van der Waals surface area (Å²) in [4.78, 5) is 16.8. The van der Waals surface area contributed by atoms with E-state index in [-0.39, 0.29) is 40.8 Å². The topological polar surface area (TPSA) is 116 Å². The lowest BCUT2D eigenvalue weighted by Crippen LogP contribution is -2.47. The smallest absolute Gasteiger partial charge is 0.447 e. The summed E-state index contributed by atoms with van der Waals surface area (Å²) >= 11 is 6.29. The van der Waals surface area contributed by atoms with Crippen LogP contribution in [0.1, 0.15) is 35.3 Å². The zero-order valence-electron chi connectivity index (χ0n) is 16.4. The fourth-order valence-electron chi connectivity index (χ4n) is 3.28. The van der Waals surface area contributed by atoms with E-state index in [0.717, 1.165) is 5.52 Å². The highest BCUT2D eigenvalue weighted by Crippen LogP contribution is 2.25. The van der Waals surface area contributed by atoms with Crippen LogP contribution in [0.3, 0.4) is 0 Å². The summed E-state index contributed by atoms with van der Waals surface area (Å²) in [5, 5.41) is 13.8. The number of hydrogen-bond acceptors (Lipinski definition) is 8. The Morgan fingerprint density at radius 1 is 1.34 bits per heavy atom. The molecule has 1 saturated heterocycles. The minimum atomic E-state index is -4.72. The van der Waals surface area contributed by atoms with Crippen molar-refractivity contribution in [2.24, 2.45) is 0 Å². The maximum Gasteiger partial charge on any atom is 0.522 e. The first-order valence-corrected chi connectivity index (χ1v) is 10.0. The van der Waals surface area contributed by atoms with E-state index in [2.05, 4.69) is 30.6 Å². The number of rotatable bonds is 7. The van der Waals surface area contributed by atoms with Crippen molar-refractivity contribution in [2.75, 3.05) is 19.8 Å². The molecule has 1 amide bonds. The average molecular weight is 475 g/mol. The van der Waals surface area contributed by atoms with E-state index in [1.165, 1.54) is 0 Å². The molecule has 0 aromatic carbocycles. The molecule has 1 fully saturated rings. The molecule has 4 heterocycles. The van der Waals surface area contributed by atoms with Crippen molar-refractivity contribution in [1.82, 2.24) is 30.2 Å². The lowest BCUT2D eigenvalue weighted by Gasteiger charge is -2.28. The monoisotopic (exact) mass is 474 g/mol. The number of ether oxygens (including phenoxy) is 2. The summed E-state index contributed by atoms with van der Waals surface area (Å²) in [6.45, 7) is -0.656. The summed E-state index contributed by atoms with van der Waals surface area (Å²) in [6, 6.07) is 3.18. The first-order valence-electron chi connectivity index (χ1n) is 9.63. The number of nitrogens with zero attached hydrogens (tertiary/aromatic N) is 4. The van der Waals surface area contributed by atoms with Crippen molar-refractivity contribution >= 4 is 23.0 Å². The normalized spacial score (nSPS) is 19.2. The minimum absolute atomic E-state index is 0.130. The van der Waals surface area contributed by atoms with Gasteiger partial charge in [-0.15, -0.1) is 18.3 Å². The molecule has 0 radical (unpaired) electrons.